The zero-order valence-electron chi connectivity index (χ0n) is 14.5. The smallest absolute Gasteiger partial charge is 0.231 e. The van der Waals surface area contributed by atoms with Crippen LogP contribution in [0.2, 0.25) is 0 Å². The van der Waals surface area contributed by atoms with E-state index in [2.05, 4.69) is 31.1 Å². The van der Waals surface area contributed by atoms with Crippen LogP contribution in [0, 0.1) is 0 Å². The topological polar surface area (TPSA) is 77.0 Å². The summed E-state index contributed by atoms with van der Waals surface area (Å²) >= 11 is 3.58. The third-order valence-corrected chi connectivity index (χ3v) is 5.07. The molecule has 3 aromatic carbocycles. The fourth-order valence-electron chi connectivity index (χ4n) is 3.09. The van der Waals surface area contributed by atoms with Gasteiger partial charge in [0.1, 0.15) is 23.9 Å². The number of phenolic OH excluding ortho intramolecular Hbond substituents is 1. The Bertz CT molecular complexity index is 1280. The first-order chi connectivity index (χ1) is 13.7. The van der Waals surface area contributed by atoms with Crippen LogP contribution in [0.4, 0.5) is 0 Å². The van der Waals surface area contributed by atoms with Gasteiger partial charge in [0.05, 0.1) is 10.0 Å². The second-order valence-electron chi connectivity index (χ2n) is 6.26. The van der Waals surface area contributed by atoms with E-state index in [-0.39, 0.29) is 5.75 Å². The maximum Gasteiger partial charge on any atom is 0.231 e. The molecule has 0 aliphatic carbocycles. The van der Waals surface area contributed by atoms with E-state index in [0.717, 1.165) is 21.3 Å². The first kappa shape index (κ1) is 16.7. The normalized spacial score (nSPS) is 11.2. The summed E-state index contributed by atoms with van der Waals surface area (Å²) in [6, 6.07) is 19.2. The number of benzene rings is 3. The molecular weight excluding hydrogens is 420 g/mol. The van der Waals surface area contributed by atoms with Crippen molar-refractivity contribution in [1.29, 1.82) is 0 Å². The summed E-state index contributed by atoms with van der Waals surface area (Å²) in [5.41, 5.74) is 4.75. The van der Waals surface area contributed by atoms with E-state index in [4.69, 9.17) is 4.42 Å². The Kier molecular flexibility index (Phi) is 3.95. The summed E-state index contributed by atoms with van der Waals surface area (Å²) in [4.78, 5) is 4.62. The van der Waals surface area contributed by atoms with E-state index in [9.17, 15) is 5.11 Å². The molecule has 2 aromatic heterocycles. The van der Waals surface area contributed by atoms with Crippen LogP contribution >= 0.6 is 15.9 Å². The number of aromatic hydroxyl groups is 1. The highest BCUT2D eigenvalue weighted by Gasteiger charge is 2.16. The number of nitrogens with zero attached hydrogens (tertiary/aromatic N) is 4. The summed E-state index contributed by atoms with van der Waals surface area (Å²) < 4.78 is 8.52. The van der Waals surface area contributed by atoms with Gasteiger partial charge in [0.25, 0.3) is 0 Å². The molecule has 28 heavy (non-hydrogen) atoms. The molecule has 6 nitrogen and oxygen atoms in total. The Morgan fingerprint density at radius 3 is 2.46 bits per heavy atom. The number of halogens is 1. The van der Waals surface area contributed by atoms with E-state index in [1.807, 2.05) is 42.5 Å². The molecule has 5 rings (SSSR count). The van der Waals surface area contributed by atoms with Gasteiger partial charge in [-0.25, -0.2) is 4.98 Å². The SMILES string of the molecule is Oc1ccc(-n2cnnc2)cc1-c1nc2cc(-c3ccccc3)cc(Br)c2o1. The highest BCUT2D eigenvalue weighted by molar-refractivity contribution is 9.10. The second-order valence-corrected chi connectivity index (χ2v) is 7.12. The minimum atomic E-state index is 0.0859. The Balaban J connectivity index is 1.65. The van der Waals surface area contributed by atoms with Gasteiger partial charge in [0.2, 0.25) is 5.89 Å². The molecule has 0 spiro atoms. The average molecular weight is 433 g/mol. The lowest BCUT2D eigenvalue weighted by molar-refractivity contribution is 0.474. The molecule has 0 saturated carbocycles. The van der Waals surface area contributed by atoms with Crippen molar-refractivity contribution in [3.63, 3.8) is 0 Å². The molecule has 0 aliphatic rings. The summed E-state index contributed by atoms with van der Waals surface area (Å²) in [6.07, 6.45) is 3.18. The van der Waals surface area contributed by atoms with Crippen molar-refractivity contribution in [2.75, 3.05) is 0 Å². The molecule has 1 N–H and O–H groups in total. The van der Waals surface area contributed by atoms with Crippen LogP contribution in [-0.2, 0) is 0 Å². The van der Waals surface area contributed by atoms with Crippen LogP contribution in [0.1, 0.15) is 0 Å². The van der Waals surface area contributed by atoms with Crippen LogP contribution in [0.15, 0.2) is 82.2 Å². The highest BCUT2D eigenvalue weighted by Crippen LogP contribution is 2.37. The number of hydrogen-bond donors (Lipinski definition) is 1. The first-order valence-electron chi connectivity index (χ1n) is 8.53. The standard InChI is InChI=1S/C21H13BrN4O2/c22-17-8-14(13-4-2-1-3-5-13)9-18-20(17)28-21(25-18)16-10-15(6-7-19(16)27)26-11-23-24-12-26/h1-12,27H. The van der Waals surface area contributed by atoms with Crippen LogP contribution in [-0.4, -0.2) is 24.9 Å². The lowest BCUT2D eigenvalue weighted by atomic mass is 10.1. The van der Waals surface area contributed by atoms with Crippen molar-refractivity contribution < 1.29 is 9.52 Å². The fraction of sp³-hybridized carbons (Fsp3) is 0. The van der Waals surface area contributed by atoms with E-state index in [1.54, 1.807) is 35.4 Å². The molecule has 7 heteroatoms. The van der Waals surface area contributed by atoms with Gasteiger partial charge >= 0.3 is 0 Å². The second kappa shape index (κ2) is 6.61. The zero-order valence-corrected chi connectivity index (χ0v) is 16.0. The maximum absolute atomic E-state index is 10.4. The first-order valence-corrected chi connectivity index (χ1v) is 9.32. The molecule has 0 unspecified atom stereocenters. The molecule has 0 fully saturated rings. The lowest BCUT2D eigenvalue weighted by Crippen LogP contribution is -1.91. The molecule has 5 aromatic rings. The average Bonchev–Trinajstić information content (AvgIpc) is 3.39. The number of fused-ring (bicyclic) bond motifs is 1. The Morgan fingerprint density at radius 2 is 1.68 bits per heavy atom. The van der Waals surface area contributed by atoms with Crippen LogP contribution in [0.5, 0.6) is 5.75 Å². The number of hydrogen-bond acceptors (Lipinski definition) is 5. The molecule has 0 saturated heterocycles. The van der Waals surface area contributed by atoms with Gasteiger partial charge in [-0.2, -0.15) is 0 Å². The Hall–Kier alpha value is -3.45. The predicted molar refractivity (Wildman–Crippen MR) is 109 cm³/mol. The lowest BCUT2D eigenvalue weighted by Gasteiger charge is -2.05. The van der Waals surface area contributed by atoms with Gasteiger partial charge in [-0.1, -0.05) is 30.3 Å². The van der Waals surface area contributed by atoms with Crippen LogP contribution in [0.3, 0.4) is 0 Å². The van der Waals surface area contributed by atoms with Gasteiger partial charge in [0, 0.05) is 5.69 Å². The van der Waals surface area contributed by atoms with E-state index >= 15 is 0 Å². The van der Waals surface area contributed by atoms with Crippen LogP contribution in [0.25, 0.3) is 39.4 Å². The van der Waals surface area contributed by atoms with E-state index in [0.29, 0.717) is 22.6 Å². The third kappa shape index (κ3) is 2.86. The molecule has 0 aliphatic heterocycles. The van der Waals surface area contributed by atoms with Gasteiger partial charge in [0.15, 0.2) is 5.58 Å². The van der Waals surface area contributed by atoms with Gasteiger partial charge in [-0.15, -0.1) is 10.2 Å². The minimum Gasteiger partial charge on any atom is -0.507 e. The van der Waals surface area contributed by atoms with Crippen molar-refractivity contribution in [1.82, 2.24) is 19.7 Å². The highest BCUT2D eigenvalue weighted by atomic mass is 79.9. The van der Waals surface area contributed by atoms with Gasteiger partial charge < -0.3 is 9.52 Å². The molecule has 136 valence electrons. The quantitative estimate of drug-likeness (QED) is 0.423. The predicted octanol–water partition coefficient (Wildman–Crippen LogP) is 5.21. The summed E-state index contributed by atoms with van der Waals surface area (Å²) in [5.74, 6) is 0.427. The zero-order chi connectivity index (χ0) is 19.1. The van der Waals surface area contributed by atoms with E-state index in [1.165, 1.54) is 0 Å². The molecule has 2 heterocycles. The van der Waals surface area contributed by atoms with Crippen molar-refractivity contribution in [3.05, 3.63) is 77.8 Å². The number of oxazole rings is 1. The summed E-state index contributed by atoms with van der Waals surface area (Å²) in [6.45, 7) is 0. The van der Waals surface area contributed by atoms with E-state index < -0.39 is 0 Å². The number of phenols is 1. The molecule has 0 radical (unpaired) electrons. The third-order valence-electron chi connectivity index (χ3n) is 4.48. The Labute approximate surface area is 168 Å². The maximum atomic E-state index is 10.4. The summed E-state index contributed by atoms with van der Waals surface area (Å²) in [7, 11) is 0. The molecule has 0 atom stereocenters. The molecule has 0 amide bonds. The van der Waals surface area contributed by atoms with Crippen molar-refractivity contribution in [2.24, 2.45) is 0 Å². The van der Waals surface area contributed by atoms with Crippen molar-refractivity contribution in [3.8, 4) is 34.0 Å². The minimum absolute atomic E-state index is 0.0859. The fourth-order valence-corrected chi connectivity index (χ4v) is 3.63. The number of rotatable bonds is 3. The van der Waals surface area contributed by atoms with Crippen LogP contribution < -0.4 is 0 Å². The Morgan fingerprint density at radius 1 is 0.893 bits per heavy atom. The van der Waals surface area contributed by atoms with Crippen molar-refractivity contribution in [2.45, 2.75) is 0 Å². The van der Waals surface area contributed by atoms with Crippen molar-refractivity contribution >= 4 is 27.0 Å². The van der Waals surface area contributed by atoms with Gasteiger partial charge in [-0.05, 0) is 57.4 Å². The largest absolute Gasteiger partial charge is 0.507 e. The molecular formula is C21H13BrN4O2. The summed E-state index contributed by atoms with van der Waals surface area (Å²) in [5, 5.41) is 18.0. The number of aromatic nitrogens is 4. The monoisotopic (exact) mass is 432 g/mol. The van der Waals surface area contributed by atoms with Gasteiger partial charge in [-0.3, -0.25) is 4.57 Å². The molecule has 0 bridgehead atoms.